The quantitative estimate of drug-likeness (QED) is 0.432. The van der Waals surface area contributed by atoms with E-state index in [-0.39, 0.29) is 11.6 Å². The Morgan fingerprint density at radius 2 is 1.83 bits per heavy atom. The molecule has 0 aromatic heterocycles. The van der Waals surface area contributed by atoms with E-state index < -0.39 is 24.0 Å². The fourth-order valence-electron chi connectivity index (χ4n) is 2.95. The van der Waals surface area contributed by atoms with Gasteiger partial charge in [-0.25, -0.2) is 9.59 Å². The summed E-state index contributed by atoms with van der Waals surface area (Å²) >= 11 is 0. The minimum Gasteiger partial charge on any atom is -0.448 e. The molecule has 0 spiro atoms. The van der Waals surface area contributed by atoms with Crippen LogP contribution in [0.4, 0.5) is 10.5 Å². The molecule has 1 atom stereocenters. The summed E-state index contributed by atoms with van der Waals surface area (Å²) in [6, 6.07) is 8.48. The van der Waals surface area contributed by atoms with Crippen molar-refractivity contribution in [3.05, 3.63) is 35.4 Å². The highest BCUT2D eigenvalue weighted by atomic mass is 16.5. The zero-order valence-corrected chi connectivity index (χ0v) is 16.9. The van der Waals surface area contributed by atoms with Crippen LogP contribution < -0.4 is 15.5 Å². The molecule has 8 nitrogen and oxygen atoms in total. The van der Waals surface area contributed by atoms with Crippen LogP contribution in [0.25, 0.3) is 6.08 Å². The Hall–Kier alpha value is -3.34. The molecule has 0 heterocycles. The molecule has 1 aromatic carbocycles. The first-order valence-electron chi connectivity index (χ1n) is 9.51. The smallest absolute Gasteiger partial charge is 0.349 e. The minimum absolute atomic E-state index is 0.0627. The van der Waals surface area contributed by atoms with Crippen molar-refractivity contribution in [3.63, 3.8) is 0 Å². The van der Waals surface area contributed by atoms with Crippen molar-refractivity contribution >= 4 is 29.7 Å². The maximum Gasteiger partial charge on any atom is 0.349 e. The molecule has 1 aliphatic carbocycles. The van der Waals surface area contributed by atoms with Gasteiger partial charge in [0.25, 0.3) is 5.91 Å². The normalized spacial score (nSPS) is 15.2. The summed E-state index contributed by atoms with van der Waals surface area (Å²) in [5, 5.41) is 14.1. The van der Waals surface area contributed by atoms with Crippen molar-refractivity contribution < 1.29 is 19.1 Å². The summed E-state index contributed by atoms with van der Waals surface area (Å²) in [7, 11) is 3.81. The molecule has 0 radical (unpaired) electrons. The average molecular weight is 398 g/mol. The van der Waals surface area contributed by atoms with Crippen LogP contribution in [0.15, 0.2) is 29.8 Å². The molecule has 1 saturated carbocycles. The lowest BCUT2D eigenvalue weighted by atomic mass is 10.1. The van der Waals surface area contributed by atoms with Crippen molar-refractivity contribution in [3.8, 4) is 6.07 Å². The van der Waals surface area contributed by atoms with Crippen molar-refractivity contribution in [2.24, 2.45) is 0 Å². The van der Waals surface area contributed by atoms with Gasteiger partial charge in [-0.15, -0.1) is 0 Å². The van der Waals surface area contributed by atoms with Crippen molar-refractivity contribution in [1.29, 1.82) is 5.26 Å². The Morgan fingerprint density at radius 1 is 1.21 bits per heavy atom. The highest BCUT2D eigenvalue weighted by Crippen LogP contribution is 2.17. The molecule has 0 bridgehead atoms. The lowest BCUT2D eigenvalue weighted by Crippen LogP contribution is -2.47. The first-order valence-corrected chi connectivity index (χ1v) is 9.51. The molecule has 154 valence electrons. The maximum absolute atomic E-state index is 12.2. The van der Waals surface area contributed by atoms with Gasteiger partial charge < -0.3 is 15.0 Å². The van der Waals surface area contributed by atoms with E-state index in [1.54, 1.807) is 18.2 Å². The van der Waals surface area contributed by atoms with Crippen LogP contribution in [0.2, 0.25) is 0 Å². The number of esters is 1. The number of hydrogen-bond donors (Lipinski definition) is 2. The summed E-state index contributed by atoms with van der Waals surface area (Å²) < 4.78 is 5.04. The standard InChI is InChI=1S/C21H26N4O4/c1-14(19(26)24-21(28)23-17-6-4-5-7-17)29-20(27)16(13-22)12-15-8-10-18(11-9-15)25(2)3/h8-12,14,17H,4-7H2,1-3H3,(H2,23,24,26,28)/b16-12+/t14-/m1/s1. The van der Waals surface area contributed by atoms with Crippen LogP contribution in [0.5, 0.6) is 0 Å². The third kappa shape index (κ3) is 6.64. The van der Waals surface area contributed by atoms with Gasteiger partial charge in [0.05, 0.1) is 0 Å². The molecule has 0 unspecified atom stereocenters. The van der Waals surface area contributed by atoms with Gasteiger partial charge in [-0.1, -0.05) is 25.0 Å². The van der Waals surface area contributed by atoms with Crippen LogP contribution in [0, 0.1) is 11.3 Å². The SMILES string of the molecule is C[C@@H](OC(=O)/C(C#N)=C/c1ccc(N(C)C)cc1)C(=O)NC(=O)NC1CCCC1. The minimum atomic E-state index is -1.22. The third-order valence-electron chi connectivity index (χ3n) is 4.64. The fraction of sp³-hybridized carbons (Fsp3) is 0.429. The predicted octanol–water partition coefficient (Wildman–Crippen LogP) is 2.36. The van der Waals surface area contributed by atoms with Crippen molar-refractivity contribution in [2.45, 2.75) is 44.8 Å². The second-order valence-electron chi connectivity index (χ2n) is 7.15. The van der Waals surface area contributed by atoms with Crippen molar-refractivity contribution in [1.82, 2.24) is 10.6 Å². The summed E-state index contributed by atoms with van der Waals surface area (Å²) in [5.41, 5.74) is 1.39. The van der Waals surface area contributed by atoms with E-state index in [2.05, 4.69) is 10.6 Å². The molecule has 1 fully saturated rings. The van der Waals surface area contributed by atoms with Gasteiger partial charge in [0, 0.05) is 25.8 Å². The van der Waals surface area contributed by atoms with Gasteiger partial charge in [-0.05, 0) is 43.5 Å². The van der Waals surface area contributed by atoms with Gasteiger partial charge in [-0.3, -0.25) is 10.1 Å². The number of nitrogens with one attached hydrogen (secondary N) is 2. The molecule has 8 heteroatoms. The number of amides is 3. The highest BCUT2D eigenvalue weighted by Gasteiger charge is 2.24. The number of anilines is 1. The van der Waals surface area contributed by atoms with E-state index in [9.17, 15) is 19.6 Å². The number of nitrogens with zero attached hydrogens (tertiary/aromatic N) is 2. The number of ether oxygens (including phenoxy) is 1. The fourth-order valence-corrected chi connectivity index (χ4v) is 2.95. The summed E-state index contributed by atoms with van der Waals surface area (Å²) in [6.45, 7) is 1.34. The Bertz CT molecular complexity index is 818. The van der Waals surface area contributed by atoms with E-state index in [0.717, 1.165) is 31.4 Å². The molecular weight excluding hydrogens is 372 g/mol. The predicted molar refractivity (Wildman–Crippen MR) is 109 cm³/mol. The average Bonchev–Trinajstić information content (AvgIpc) is 3.18. The molecule has 0 aliphatic heterocycles. The Morgan fingerprint density at radius 3 is 2.38 bits per heavy atom. The van der Waals surface area contributed by atoms with Crippen LogP contribution in [-0.2, 0) is 14.3 Å². The molecule has 3 amide bonds. The second-order valence-corrected chi connectivity index (χ2v) is 7.15. The van der Waals surface area contributed by atoms with Gasteiger partial charge in [0.1, 0.15) is 11.6 Å². The highest BCUT2D eigenvalue weighted by molar-refractivity contribution is 6.01. The maximum atomic E-state index is 12.2. The topological polar surface area (TPSA) is 112 Å². The van der Waals surface area contributed by atoms with E-state index in [0.29, 0.717) is 5.56 Å². The summed E-state index contributed by atoms with van der Waals surface area (Å²) in [5.74, 6) is -1.68. The van der Waals surface area contributed by atoms with E-state index in [1.165, 1.54) is 13.0 Å². The number of rotatable bonds is 6. The Balaban J connectivity index is 1.92. The molecule has 1 aromatic rings. The molecule has 1 aliphatic rings. The third-order valence-corrected chi connectivity index (χ3v) is 4.64. The van der Waals surface area contributed by atoms with Gasteiger partial charge in [0.15, 0.2) is 6.10 Å². The number of nitriles is 1. The van der Waals surface area contributed by atoms with E-state index in [1.807, 2.05) is 31.1 Å². The number of imide groups is 1. The zero-order chi connectivity index (χ0) is 21.4. The molecule has 2 N–H and O–H groups in total. The lowest BCUT2D eigenvalue weighted by Gasteiger charge is -2.15. The molecule has 2 rings (SSSR count). The van der Waals surface area contributed by atoms with Gasteiger partial charge in [0.2, 0.25) is 0 Å². The lowest BCUT2D eigenvalue weighted by molar-refractivity contribution is -0.150. The van der Waals surface area contributed by atoms with Gasteiger partial charge in [-0.2, -0.15) is 5.26 Å². The monoisotopic (exact) mass is 398 g/mol. The number of carbonyl (C=O) groups excluding carboxylic acids is 3. The largest absolute Gasteiger partial charge is 0.448 e. The van der Waals surface area contributed by atoms with Crippen LogP contribution >= 0.6 is 0 Å². The number of hydrogen-bond acceptors (Lipinski definition) is 6. The molecule has 0 saturated heterocycles. The Kier molecular flexibility index (Phi) is 7.78. The van der Waals surface area contributed by atoms with Gasteiger partial charge >= 0.3 is 12.0 Å². The van der Waals surface area contributed by atoms with E-state index >= 15 is 0 Å². The zero-order valence-electron chi connectivity index (χ0n) is 16.9. The van der Waals surface area contributed by atoms with Crippen molar-refractivity contribution in [2.75, 3.05) is 19.0 Å². The number of benzene rings is 1. The first kappa shape index (κ1) is 22.0. The molecule has 29 heavy (non-hydrogen) atoms. The summed E-state index contributed by atoms with van der Waals surface area (Å²) in [4.78, 5) is 38.1. The number of urea groups is 1. The second kappa shape index (κ2) is 10.3. The van der Waals surface area contributed by atoms with Crippen LogP contribution in [0.1, 0.15) is 38.2 Å². The first-order chi connectivity index (χ1) is 13.8. The van der Waals surface area contributed by atoms with Crippen LogP contribution in [-0.4, -0.2) is 44.1 Å². The van der Waals surface area contributed by atoms with Crippen LogP contribution in [0.3, 0.4) is 0 Å². The molecular formula is C21H26N4O4. The van der Waals surface area contributed by atoms with E-state index in [4.69, 9.17) is 4.74 Å². The summed E-state index contributed by atoms with van der Waals surface area (Å²) in [6.07, 6.45) is 4.04. The Labute approximate surface area is 170 Å². The number of carbonyl (C=O) groups is 3.